The van der Waals surface area contributed by atoms with Gasteiger partial charge in [0, 0.05) is 23.6 Å². The summed E-state index contributed by atoms with van der Waals surface area (Å²) in [4.78, 5) is 12.9. The monoisotopic (exact) mass is 253 g/mol. The standard InChI is InChI=1S/C10H8ClN3OS/c11-8-6-5-15-3-1-7(6)13-9(14-8)10-12-2-4-16-10/h2,4H,1,3,5H2. The van der Waals surface area contributed by atoms with Gasteiger partial charge in [0.1, 0.15) is 5.15 Å². The van der Waals surface area contributed by atoms with Crippen LogP contribution in [0.4, 0.5) is 0 Å². The van der Waals surface area contributed by atoms with Gasteiger partial charge in [0.05, 0.1) is 18.9 Å². The van der Waals surface area contributed by atoms with Gasteiger partial charge in [0.15, 0.2) is 10.8 Å². The molecule has 2 aromatic rings. The maximum atomic E-state index is 6.11. The molecular weight excluding hydrogens is 246 g/mol. The van der Waals surface area contributed by atoms with Crippen molar-refractivity contribution in [1.82, 2.24) is 15.0 Å². The van der Waals surface area contributed by atoms with Crippen molar-refractivity contribution in [2.24, 2.45) is 0 Å². The molecule has 0 spiro atoms. The number of hydrogen-bond acceptors (Lipinski definition) is 5. The lowest BCUT2D eigenvalue weighted by Crippen LogP contribution is -2.14. The molecule has 0 amide bonds. The summed E-state index contributed by atoms with van der Waals surface area (Å²) in [6.45, 7) is 1.20. The average Bonchev–Trinajstić information content (AvgIpc) is 2.82. The lowest BCUT2D eigenvalue weighted by molar-refractivity contribution is 0.109. The summed E-state index contributed by atoms with van der Waals surface area (Å²) >= 11 is 7.62. The Bertz CT molecular complexity index is 515. The quantitative estimate of drug-likeness (QED) is 0.732. The fraction of sp³-hybridized carbons (Fsp3) is 0.300. The van der Waals surface area contributed by atoms with Gasteiger partial charge in [0.25, 0.3) is 0 Å². The Morgan fingerprint density at radius 1 is 1.38 bits per heavy atom. The minimum Gasteiger partial charge on any atom is -0.376 e. The van der Waals surface area contributed by atoms with Crippen molar-refractivity contribution in [3.63, 3.8) is 0 Å². The van der Waals surface area contributed by atoms with Crippen LogP contribution in [0.25, 0.3) is 10.8 Å². The zero-order valence-corrected chi connectivity index (χ0v) is 9.88. The molecule has 0 bridgehead atoms. The molecule has 6 heteroatoms. The molecule has 0 aliphatic carbocycles. The highest BCUT2D eigenvalue weighted by Gasteiger charge is 2.18. The topological polar surface area (TPSA) is 47.9 Å². The summed E-state index contributed by atoms with van der Waals surface area (Å²) < 4.78 is 5.33. The Morgan fingerprint density at radius 3 is 3.12 bits per heavy atom. The Morgan fingerprint density at radius 2 is 2.31 bits per heavy atom. The molecule has 0 aromatic carbocycles. The third kappa shape index (κ3) is 1.71. The van der Waals surface area contributed by atoms with E-state index in [1.165, 1.54) is 11.3 Å². The highest BCUT2D eigenvalue weighted by atomic mass is 35.5. The molecule has 0 saturated carbocycles. The maximum absolute atomic E-state index is 6.11. The molecular formula is C10H8ClN3OS. The van der Waals surface area contributed by atoms with Gasteiger partial charge in [-0.3, -0.25) is 0 Å². The highest BCUT2D eigenvalue weighted by molar-refractivity contribution is 7.13. The first-order valence-corrected chi connectivity index (χ1v) is 6.13. The predicted molar refractivity (Wildman–Crippen MR) is 61.5 cm³/mol. The van der Waals surface area contributed by atoms with Crippen molar-refractivity contribution in [3.05, 3.63) is 28.0 Å². The van der Waals surface area contributed by atoms with Gasteiger partial charge in [-0.1, -0.05) is 11.6 Å². The normalized spacial score (nSPS) is 14.8. The molecule has 0 N–H and O–H groups in total. The Balaban J connectivity index is 2.12. The average molecular weight is 254 g/mol. The largest absolute Gasteiger partial charge is 0.376 e. The smallest absolute Gasteiger partial charge is 0.190 e. The summed E-state index contributed by atoms with van der Waals surface area (Å²) in [7, 11) is 0. The van der Waals surface area contributed by atoms with E-state index in [1.54, 1.807) is 6.20 Å². The van der Waals surface area contributed by atoms with E-state index in [1.807, 2.05) is 5.38 Å². The molecule has 0 radical (unpaired) electrons. The molecule has 1 aliphatic heterocycles. The van der Waals surface area contributed by atoms with Crippen LogP contribution in [0.5, 0.6) is 0 Å². The van der Waals surface area contributed by atoms with Gasteiger partial charge in [-0.05, 0) is 0 Å². The van der Waals surface area contributed by atoms with E-state index in [-0.39, 0.29) is 0 Å². The van der Waals surface area contributed by atoms with Crippen molar-refractivity contribution in [1.29, 1.82) is 0 Å². The van der Waals surface area contributed by atoms with Crippen molar-refractivity contribution in [2.75, 3.05) is 6.61 Å². The van der Waals surface area contributed by atoms with Crippen LogP contribution in [-0.4, -0.2) is 21.6 Å². The molecule has 82 valence electrons. The van der Waals surface area contributed by atoms with Gasteiger partial charge >= 0.3 is 0 Å². The zero-order valence-electron chi connectivity index (χ0n) is 8.31. The lowest BCUT2D eigenvalue weighted by atomic mass is 10.1. The number of aromatic nitrogens is 3. The van der Waals surface area contributed by atoms with Gasteiger partial charge in [-0.2, -0.15) is 0 Å². The first-order valence-electron chi connectivity index (χ1n) is 4.87. The first kappa shape index (κ1) is 10.1. The van der Waals surface area contributed by atoms with Crippen molar-refractivity contribution < 1.29 is 4.74 Å². The fourth-order valence-electron chi connectivity index (χ4n) is 1.62. The van der Waals surface area contributed by atoms with Gasteiger partial charge in [0.2, 0.25) is 0 Å². The second kappa shape index (κ2) is 4.08. The zero-order chi connectivity index (χ0) is 11.0. The van der Waals surface area contributed by atoms with E-state index in [4.69, 9.17) is 16.3 Å². The van der Waals surface area contributed by atoms with Crippen LogP contribution in [0.3, 0.4) is 0 Å². The fourth-order valence-corrected chi connectivity index (χ4v) is 2.43. The van der Waals surface area contributed by atoms with Crippen LogP contribution >= 0.6 is 22.9 Å². The summed E-state index contributed by atoms with van der Waals surface area (Å²) in [5, 5.41) is 3.18. The maximum Gasteiger partial charge on any atom is 0.190 e. The van der Waals surface area contributed by atoms with E-state index in [0.717, 1.165) is 22.7 Å². The number of fused-ring (bicyclic) bond motifs is 1. The molecule has 16 heavy (non-hydrogen) atoms. The lowest BCUT2D eigenvalue weighted by Gasteiger charge is -2.16. The van der Waals surface area contributed by atoms with Crippen LogP contribution in [0.2, 0.25) is 5.15 Å². The van der Waals surface area contributed by atoms with E-state index < -0.39 is 0 Å². The van der Waals surface area contributed by atoms with E-state index >= 15 is 0 Å². The molecule has 4 nitrogen and oxygen atoms in total. The second-order valence-corrected chi connectivity index (χ2v) is 4.66. The summed E-state index contributed by atoms with van der Waals surface area (Å²) in [5.41, 5.74) is 1.89. The Kier molecular flexibility index (Phi) is 2.59. The number of ether oxygens (including phenoxy) is 1. The van der Waals surface area contributed by atoms with Gasteiger partial charge < -0.3 is 4.74 Å². The van der Waals surface area contributed by atoms with Gasteiger partial charge in [-0.15, -0.1) is 11.3 Å². The summed E-state index contributed by atoms with van der Waals surface area (Å²) in [5.74, 6) is 0.612. The number of rotatable bonds is 1. The molecule has 0 saturated heterocycles. The molecule has 2 aromatic heterocycles. The Labute approximate surface area is 101 Å². The molecule has 0 fully saturated rings. The molecule has 3 heterocycles. The number of hydrogen-bond donors (Lipinski definition) is 0. The van der Waals surface area contributed by atoms with Crippen LogP contribution in [-0.2, 0) is 17.8 Å². The minimum atomic E-state index is 0.481. The Hall–Kier alpha value is -1.04. The number of thiazole rings is 1. The van der Waals surface area contributed by atoms with Crippen molar-refractivity contribution in [3.8, 4) is 10.8 Å². The number of nitrogens with zero attached hydrogens (tertiary/aromatic N) is 3. The van der Waals surface area contributed by atoms with Crippen LogP contribution in [0.1, 0.15) is 11.3 Å². The van der Waals surface area contributed by atoms with Gasteiger partial charge in [-0.25, -0.2) is 15.0 Å². The predicted octanol–water partition coefficient (Wildman–Crippen LogP) is 2.33. The second-order valence-electron chi connectivity index (χ2n) is 3.40. The summed E-state index contributed by atoms with van der Waals surface area (Å²) in [6, 6.07) is 0. The van der Waals surface area contributed by atoms with Crippen LogP contribution < -0.4 is 0 Å². The third-order valence-electron chi connectivity index (χ3n) is 2.40. The van der Waals surface area contributed by atoms with E-state index in [2.05, 4.69) is 15.0 Å². The third-order valence-corrected chi connectivity index (χ3v) is 3.48. The van der Waals surface area contributed by atoms with Crippen LogP contribution in [0.15, 0.2) is 11.6 Å². The van der Waals surface area contributed by atoms with Crippen molar-refractivity contribution in [2.45, 2.75) is 13.0 Å². The molecule has 0 atom stereocenters. The molecule has 1 aliphatic rings. The van der Waals surface area contributed by atoms with E-state index in [0.29, 0.717) is 24.2 Å². The number of halogens is 1. The molecule has 3 rings (SSSR count). The SMILES string of the molecule is Clc1nc(-c2nccs2)nc2c1COCC2. The van der Waals surface area contributed by atoms with Crippen LogP contribution in [0, 0.1) is 0 Å². The molecule has 0 unspecified atom stereocenters. The summed E-state index contributed by atoms with van der Waals surface area (Å²) in [6.07, 6.45) is 2.52. The minimum absolute atomic E-state index is 0.481. The van der Waals surface area contributed by atoms with Crippen molar-refractivity contribution >= 4 is 22.9 Å². The van der Waals surface area contributed by atoms with E-state index in [9.17, 15) is 0 Å². The first-order chi connectivity index (χ1) is 7.84. The highest BCUT2D eigenvalue weighted by Crippen LogP contribution is 2.26.